The summed E-state index contributed by atoms with van der Waals surface area (Å²) in [5.74, 6) is 4.99. The predicted octanol–water partition coefficient (Wildman–Crippen LogP) is -1.44. The molecule has 0 heterocycles. The van der Waals surface area contributed by atoms with Crippen LogP contribution in [0.15, 0.2) is 0 Å². The van der Waals surface area contributed by atoms with E-state index in [2.05, 4.69) is 16.1 Å². The van der Waals surface area contributed by atoms with E-state index in [0.717, 1.165) is 0 Å². The quantitative estimate of drug-likeness (QED) is 0.207. The van der Waals surface area contributed by atoms with Gasteiger partial charge in [-0.1, -0.05) is 0 Å². The first-order valence-electron chi connectivity index (χ1n) is 2.65. The highest BCUT2D eigenvalue weighted by molar-refractivity contribution is 4.49. The zero-order valence-electron chi connectivity index (χ0n) is 5.36. The molecule has 1 unspecified atom stereocenters. The Morgan fingerprint density at radius 3 is 2.62 bits per heavy atom. The van der Waals surface area contributed by atoms with Gasteiger partial charge in [-0.3, -0.25) is 11.2 Å². The van der Waals surface area contributed by atoms with Crippen molar-refractivity contribution in [2.45, 2.75) is 13.1 Å². The Bertz CT molecular complexity index is 47.3. The summed E-state index contributed by atoms with van der Waals surface area (Å²) in [5, 5.41) is 6.03. The van der Waals surface area contributed by atoms with E-state index >= 15 is 0 Å². The molecule has 0 amide bonds. The van der Waals surface area contributed by atoms with Crippen molar-refractivity contribution in [3.05, 3.63) is 0 Å². The van der Waals surface area contributed by atoms with Gasteiger partial charge < -0.3 is 5.32 Å². The Labute approximate surface area is 49.8 Å². The molecule has 8 heavy (non-hydrogen) atoms. The molecule has 4 nitrogen and oxygen atoms in total. The fourth-order valence-electron chi connectivity index (χ4n) is 0.314. The first-order chi connectivity index (χ1) is 3.81. The lowest BCUT2D eigenvalue weighted by atomic mass is 10.6. The molecule has 0 aromatic heterocycles. The van der Waals surface area contributed by atoms with Gasteiger partial charge in [-0.2, -0.15) is 0 Å². The summed E-state index contributed by atoms with van der Waals surface area (Å²) in [6, 6.07) is 0. The van der Waals surface area contributed by atoms with Gasteiger partial charge >= 0.3 is 0 Å². The van der Waals surface area contributed by atoms with E-state index in [-0.39, 0.29) is 0 Å². The highest BCUT2D eigenvalue weighted by atomic mass is 15.3. The van der Waals surface area contributed by atoms with Crippen LogP contribution in [0.3, 0.4) is 0 Å². The van der Waals surface area contributed by atoms with Gasteiger partial charge in [-0.05, 0) is 14.0 Å². The highest BCUT2D eigenvalue weighted by Crippen LogP contribution is 1.64. The second-order valence-electron chi connectivity index (χ2n) is 1.60. The third-order valence-corrected chi connectivity index (χ3v) is 0.943. The van der Waals surface area contributed by atoms with Gasteiger partial charge in [0.1, 0.15) is 0 Å². The van der Waals surface area contributed by atoms with Gasteiger partial charge in [-0.15, -0.1) is 0 Å². The van der Waals surface area contributed by atoms with Gasteiger partial charge in [0.05, 0.1) is 12.8 Å². The summed E-state index contributed by atoms with van der Waals surface area (Å²) in [4.78, 5) is 0. The number of nitrogens with one attached hydrogen (secondary N) is 3. The first kappa shape index (κ1) is 7.84. The average Bonchev–Trinajstić information content (AvgIpc) is 1.83. The van der Waals surface area contributed by atoms with Gasteiger partial charge in [0.15, 0.2) is 0 Å². The number of hydrogen-bond acceptors (Lipinski definition) is 4. The van der Waals surface area contributed by atoms with E-state index in [0.29, 0.717) is 12.8 Å². The number of rotatable bonds is 4. The summed E-state index contributed by atoms with van der Waals surface area (Å²) in [7, 11) is 1.88. The number of hydrogen-bond donors (Lipinski definition) is 4. The van der Waals surface area contributed by atoms with Crippen molar-refractivity contribution in [3.8, 4) is 0 Å². The lowest BCUT2D eigenvalue weighted by Gasteiger charge is -2.10. The van der Waals surface area contributed by atoms with Crippen LogP contribution >= 0.6 is 0 Å². The molecule has 0 fully saturated rings. The molecule has 0 aliphatic carbocycles. The van der Waals surface area contributed by atoms with Crippen molar-refractivity contribution in [3.63, 3.8) is 0 Å². The van der Waals surface area contributed by atoms with Crippen LogP contribution in [0.2, 0.25) is 0 Å². The van der Waals surface area contributed by atoms with Crippen molar-refractivity contribution in [1.82, 2.24) is 16.1 Å². The summed E-state index contributed by atoms with van der Waals surface area (Å²) in [6.07, 6.45) is 0.311. The molecule has 0 saturated carbocycles. The van der Waals surface area contributed by atoms with Crippen LogP contribution in [-0.2, 0) is 0 Å². The van der Waals surface area contributed by atoms with Crippen LogP contribution in [0.25, 0.3) is 0 Å². The molecule has 0 aliphatic heterocycles. The van der Waals surface area contributed by atoms with E-state index in [4.69, 9.17) is 5.84 Å². The molecular weight excluding hydrogens is 104 g/mol. The monoisotopic (exact) mass is 118 g/mol. The van der Waals surface area contributed by atoms with Crippen LogP contribution in [0.1, 0.15) is 6.92 Å². The topological polar surface area (TPSA) is 62.1 Å². The lowest BCUT2D eigenvalue weighted by Crippen LogP contribution is -2.44. The van der Waals surface area contributed by atoms with Crippen molar-refractivity contribution in [2.75, 3.05) is 13.7 Å². The average molecular weight is 118 g/mol. The molecule has 0 aromatic rings. The van der Waals surface area contributed by atoms with Crippen LogP contribution in [0, 0.1) is 0 Å². The van der Waals surface area contributed by atoms with Crippen molar-refractivity contribution in [1.29, 1.82) is 0 Å². The third-order valence-electron chi connectivity index (χ3n) is 0.943. The number of nitrogens with two attached hydrogens (primary N) is 1. The summed E-state index contributed by atoms with van der Waals surface area (Å²) in [5.41, 5.74) is 2.48. The highest BCUT2D eigenvalue weighted by Gasteiger charge is 1.90. The minimum Gasteiger partial charge on any atom is -0.305 e. The van der Waals surface area contributed by atoms with E-state index < -0.39 is 0 Å². The Kier molecular flexibility index (Phi) is 4.89. The number of hydrazine groups is 1. The molecule has 50 valence electrons. The summed E-state index contributed by atoms with van der Waals surface area (Å²) in [6.45, 7) is 2.64. The van der Waals surface area contributed by atoms with E-state index in [9.17, 15) is 0 Å². The van der Waals surface area contributed by atoms with Crippen LogP contribution in [-0.4, -0.2) is 19.9 Å². The van der Waals surface area contributed by atoms with Gasteiger partial charge in [0, 0.05) is 0 Å². The maximum absolute atomic E-state index is 4.99. The zero-order chi connectivity index (χ0) is 6.41. The molecule has 0 spiro atoms. The molecule has 1 atom stereocenters. The minimum absolute atomic E-state index is 0.311. The molecule has 4 heteroatoms. The molecule has 0 radical (unpaired) electrons. The van der Waals surface area contributed by atoms with Crippen molar-refractivity contribution >= 4 is 0 Å². The smallest absolute Gasteiger partial charge is 0.0599 e. The maximum Gasteiger partial charge on any atom is 0.0599 e. The second kappa shape index (κ2) is 4.99. The second-order valence-corrected chi connectivity index (χ2v) is 1.60. The Balaban J connectivity index is 2.86. The lowest BCUT2D eigenvalue weighted by molar-refractivity contribution is 0.464. The zero-order valence-corrected chi connectivity index (χ0v) is 5.36. The van der Waals surface area contributed by atoms with Crippen LogP contribution in [0.4, 0.5) is 0 Å². The molecule has 0 aliphatic rings. The molecule has 5 N–H and O–H groups in total. The first-order valence-corrected chi connectivity index (χ1v) is 2.65. The van der Waals surface area contributed by atoms with E-state index in [1.54, 1.807) is 0 Å². The fourth-order valence-corrected chi connectivity index (χ4v) is 0.314. The predicted molar refractivity (Wildman–Crippen MR) is 33.8 cm³/mol. The minimum atomic E-state index is 0.311. The summed E-state index contributed by atoms with van der Waals surface area (Å²) >= 11 is 0. The third kappa shape index (κ3) is 4.01. The molecule has 0 rings (SSSR count). The SMILES string of the molecule is CNC(C)NCNN. The maximum atomic E-state index is 4.99. The van der Waals surface area contributed by atoms with Crippen molar-refractivity contribution < 1.29 is 0 Å². The van der Waals surface area contributed by atoms with Crippen molar-refractivity contribution in [2.24, 2.45) is 5.84 Å². The fraction of sp³-hybridized carbons (Fsp3) is 1.00. The Hall–Kier alpha value is -0.160. The van der Waals surface area contributed by atoms with Gasteiger partial charge in [-0.25, -0.2) is 5.43 Å². The van der Waals surface area contributed by atoms with Crippen LogP contribution < -0.4 is 21.9 Å². The van der Waals surface area contributed by atoms with Gasteiger partial charge in [0.2, 0.25) is 0 Å². The molecule has 0 bridgehead atoms. The van der Waals surface area contributed by atoms with Gasteiger partial charge in [0.25, 0.3) is 0 Å². The summed E-state index contributed by atoms with van der Waals surface area (Å²) < 4.78 is 0. The molecule has 0 aromatic carbocycles. The Morgan fingerprint density at radius 1 is 1.62 bits per heavy atom. The molecular formula is C4H14N4. The Morgan fingerprint density at radius 2 is 2.25 bits per heavy atom. The normalized spacial score (nSPS) is 13.9. The van der Waals surface area contributed by atoms with Crippen LogP contribution in [0.5, 0.6) is 0 Å². The van der Waals surface area contributed by atoms with E-state index in [1.807, 2.05) is 14.0 Å². The van der Waals surface area contributed by atoms with E-state index in [1.165, 1.54) is 0 Å². The standard InChI is InChI=1S/C4H14N4/c1-4(6-2)7-3-8-5/h4,6-8H,3,5H2,1-2H3. The largest absolute Gasteiger partial charge is 0.305 e. The molecule has 0 saturated heterocycles.